The minimum atomic E-state index is -3.53. The summed E-state index contributed by atoms with van der Waals surface area (Å²) in [6, 6.07) is 3.69. The maximum atomic E-state index is 13.1. The van der Waals surface area contributed by atoms with E-state index in [9.17, 15) is 8.42 Å². The number of nitrogens with two attached hydrogens (primary N) is 1. The minimum Gasteiger partial charge on any atom is -0.398 e. The molecule has 2 N–H and O–H groups in total. The first kappa shape index (κ1) is 16.3. The zero-order valence-electron chi connectivity index (χ0n) is 13.2. The molecule has 1 aliphatic rings. The Hall–Kier alpha value is -1.07. The summed E-state index contributed by atoms with van der Waals surface area (Å²) in [5.74, 6) is 0. The molecule has 0 radical (unpaired) electrons. The lowest BCUT2D eigenvalue weighted by molar-refractivity contribution is 0.261. The molecule has 0 amide bonds. The van der Waals surface area contributed by atoms with Gasteiger partial charge in [0.2, 0.25) is 10.0 Å². The topological polar surface area (TPSA) is 63.4 Å². The predicted octanol–water partition coefficient (Wildman–Crippen LogP) is 3.23. The number of hydrogen-bond donors (Lipinski definition) is 1. The zero-order valence-corrected chi connectivity index (χ0v) is 14.0. The second-order valence-corrected chi connectivity index (χ2v) is 7.75. The van der Waals surface area contributed by atoms with Crippen molar-refractivity contribution in [2.45, 2.75) is 63.8 Å². The number of nitrogen functional groups attached to an aromatic ring is 1. The number of hydrogen-bond acceptors (Lipinski definition) is 3. The van der Waals surface area contributed by atoms with Crippen LogP contribution in [-0.4, -0.2) is 25.3 Å². The summed E-state index contributed by atoms with van der Waals surface area (Å²) in [5, 5.41) is 0. The van der Waals surface area contributed by atoms with Gasteiger partial charge in [0.1, 0.15) is 4.90 Å². The summed E-state index contributed by atoms with van der Waals surface area (Å²) < 4.78 is 27.9. The number of aryl methyl sites for hydroxylation is 1. The van der Waals surface area contributed by atoms with E-state index in [1.54, 1.807) is 10.4 Å². The van der Waals surface area contributed by atoms with Crippen molar-refractivity contribution >= 4 is 15.7 Å². The van der Waals surface area contributed by atoms with E-state index in [0.717, 1.165) is 36.8 Å². The van der Waals surface area contributed by atoms with Gasteiger partial charge in [0.15, 0.2) is 0 Å². The van der Waals surface area contributed by atoms with E-state index in [1.165, 1.54) is 6.42 Å². The van der Waals surface area contributed by atoms with Gasteiger partial charge in [-0.25, -0.2) is 8.42 Å². The standard InChI is InChI=1S/C16H26N2O2S/c1-4-18(14-8-6-5-7-9-14)21(19,20)16-13(3)12(2)10-11-15(16)17/h10-11,14H,4-9,17H2,1-3H3. The van der Waals surface area contributed by atoms with E-state index in [0.29, 0.717) is 17.1 Å². The van der Waals surface area contributed by atoms with Gasteiger partial charge in [0.05, 0.1) is 5.69 Å². The Balaban J connectivity index is 2.47. The summed E-state index contributed by atoms with van der Waals surface area (Å²) in [7, 11) is -3.53. The van der Waals surface area contributed by atoms with Gasteiger partial charge in [-0.2, -0.15) is 4.31 Å². The first-order valence-corrected chi connectivity index (χ1v) is 9.21. The smallest absolute Gasteiger partial charge is 0.245 e. The summed E-state index contributed by atoms with van der Waals surface area (Å²) in [6.07, 6.45) is 5.34. The van der Waals surface area contributed by atoms with Crippen molar-refractivity contribution < 1.29 is 8.42 Å². The largest absolute Gasteiger partial charge is 0.398 e. The molecule has 1 fully saturated rings. The molecule has 1 aromatic carbocycles. The first-order valence-electron chi connectivity index (χ1n) is 7.77. The van der Waals surface area contributed by atoms with Crippen molar-refractivity contribution in [3.8, 4) is 0 Å². The molecular formula is C16H26N2O2S. The van der Waals surface area contributed by atoms with Crippen LogP contribution in [0.15, 0.2) is 17.0 Å². The Morgan fingerprint density at radius 1 is 1.19 bits per heavy atom. The number of sulfonamides is 1. The van der Waals surface area contributed by atoms with Crippen LogP contribution < -0.4 is 5.73 Å². The molecule has 0 heterocycles. The number of anilines is 1. The van der Waals surface area contributed by atoms with Gasteiger partial charge in [-0.15, -0.1) is 0 Å². The molecule has 4 nitrogen and oxygen atoms in total. The van der Waals surface area contributed by atoms with Crippen LogP contribution in [0.25, 0.3) is 0 Å². The molecular weight excluding hydrogens is 284 g/mol. The lowest BCUT2D eigenvalue weighted by Gasteiger charge is -2.33. The SMILES string of the molecule is CCN(C1CCCCC1)S(=O)(=O)c1c(N)ccc(C)c1C. The van der Waals surface area contributed by atoms with Gasteiger partial charge in [-0.1, -0.05) is 32.3 Å². The molecule has 0 unspecified atom stereocenters. The van der Waals surface area contributed by atoms with Crippen molar-refractivity contribution in [1.82, 2.24) is 4.31 Å². The Bertz CT molecular complexity index is 605. The Kier molecular flexibility index (Phi) is 4.94. The minimum absolute atomic E-state index is 0.119. The molecule has 118 valence electrons. The molecule has 0 bridgehead atoms. The fourth-order valence-electron chi connectivity index (χ4n) is 3.26. The molecule has 5 heteroatoms. The van der Waals surface area contributed by atoms with E-state index in [4.69, 9.17) is 5.73 Å². The van der Waals surface area contributed by atoms with Gasteiger partial charge in [-0.3, -0.25) is 0 Å². The van der Waals surface area contributed by atoms with Crippen molar-refractivity contribution in [3.05, 3.63) is 23.3 Å². The van der Waals surface area contributed by atoms with Crippen molar-refractivity contribution in [1.29, 1.82) is 0 Å². The summed E-state index contributed by atoms with van der Waals surface area (Å²) in [5.41, 5.74) is 8.08. The predicted molar refractivity (Wildman–Crippen MR) is 86.8 cm³/mol. The monoisotopic (exact) mass is 310 g/mol. The van der Waals surface area contributed by atoms with Crippen LogP contribution in [0.2, 0.25) is 0 Å². The highest BCUT2D eigenvalue weighted by molar-refractivity contribution is 7.89. The molecule has 0 aliphatic heterocycles. The molecule has 0 spiro atoms. The van der Waals surface area contributed by atoms with Crippen molar-refractivity contribution in [2.75, 3.05) is 12.3 Å². The van der Waals surface area contributed by atoms with Gasteiger partial charge in [0, 0.05) is 12.6 Å². The Morgan fingerprint density at radius 3 is 2.38 bits per heavy atom. The number of benzene rings is 1. The highest BCUT2D eigenvalue weighted by Gasteiger charge is 2.33. The average Bonchev–Trinajstić information content (AvgIpc) is 2.45. The lowest BCUT2D eigenvalue weighted by atomic mass is 9.95. The van der Waals surface area contributed by atoms with Crippen LogP contribution in [0.5, 0.6) is 0 Å². The van der Waals surface area contributed by atoms with Gasteiger partial charge in [0.25, 0.3) is 0 Å². The van der Waals surface area contributed by atoms with Crippen LogP contribution in [0.1, 0.15) is 50.2 Å². The number of nitrogens with zero attached hydrogens (tertiary/aromatic N) is 1. The van der Waals surface area contributed by atoms with Gasteiger partial charge >= 0.3 is 0 Å². The maximum Gasteiger partial charge on any atom is 0.245 e. The molecule has 0 aromatic heterocycles. The van der Waals surface area contributed by atoms with Crippen LogP contribution in [0.4, 0.5) is 5.69 Å². The van der Waals surface area contributed by atoms with E-state index < -0.39 is 10.0 Å². The molecule has 21 heavy (non-hydrogen) atoms. The summed E-state index contributed by atoms with van der Waals surface area (Å²) in [4.78, 5) is 0.301. The molecule has 0 atom stereocenters. The maximum absolute atomic E-state index is 13.1. The third-order valence-corrected chi connectivity index (χ3v) is 6.80. The van der Waals surface area contributed by atoms with E-state index in [2.05, 4.69) is 0 Å². The molecule has 1 saturated carbocycles. The Morgan fingerprint density at radius 2 is 1.81 bits per heavy atom. The van der Waals surface area contributed by atoms with E-state index >= 15 is 0 Å². The third-order valence-electron chi connectivity index (χ3n) is 4.57. The van der Waals surface area contributed by atoms with Crippen LogP contribution in [-0.2, 0) is 10.0 Å². The average molecular weight is 310 g/mol. The fraction of sp³-hybridized carbons (Fsp3) is 0.625. The lowest BCUT2D eigenvalue weighted by Crippen LogP contribution is -2.41. The molecule has 2 rings (SSSR count). The zero-order chi connectivity index (χ0) is 15.6. The van der Waals surface area contributed by atoms with E-state index in [1.807, 2.05) is 26.8 Å². The molecule has 1 aliphatic carbocycles. The van der Waals surface area contributed by atoms with Crippen LogP contribution in [0.3, 0.4) is 0 Å². The van der Waals surface area contributed by atoms with Crippen molar-refractivity contribution in [3.63, 3.8) is 0 Å². The summed E-state index contributed by atoms with van der Waals surface area (Å²) in [6.45, 7) is 6.17. The van der Waals surface area contributed by atoms with Gasteiger partial charge < -0.3 is 5.73 Å². The van der Waals surface area contributed by atoms with Crippen LogP contribution in [0, 0.1) is 13.8 Å². The second-order valence-electron chi connectivity index (χ2n) is 5.93. The highest BCUT2D eigenvalue weighted by atomic mass is 32.2. The molecule has 1 aromatic rings. The quantitative estimate of drug-likeness (QED) is 0.868. The van der Waals surface area contributed by atoms with Crippen LogP contribution >= 0.6 is 0 Å². The molecule has 0 saturated heterocycles. The fourth-order valence-corrected chi connectivity index (χ4v) is 5.36. The summed E-state index contributed by atoms with van der Waals surface area (Å²) >= 11 is 0. The van der Waals surface area contributed by atoms with E-state index in [-0.39, 0.29) is 6.04 Å². The van der Waals surface area contributed by atoms with Crippen molar-refractivity contribution in [2.24, 2.45) is 0 Å². The first-order chi connectivity index (χ1) is 9.89. The highest BCUT2D eigenvalue weighted by Crippen LogP contribution is 2.32. The van der Waals surface area contributed by atoms with Gasteiger partial charge in [-0.05, 0) is 43.9 Å². The Labute approximate surface area is 128 Å². The normalized spacial score (nSPS) is 17.3. The number of rotatable bonds is 4. The third kappa shape index (κ3) is 3.09. The second kappa shape index (κ2) is 6.36.